The van der Waals surface area contributed by atoms with E-state index < -0.39 is 24.0 Å². The van der Waals surface area contributed by atoms with Crippen LogP contribution in [0.2, 0.25) is 0 Å². The highest BCUT2D eigenvalue weighted by molar-refractivity contribution is 5.68. The van der Waals surface area contributed by atoms with E-state index in [9.17, 15) is 27.2 Å². The van der Waals surface area contributed by atoms with E-state index >= 15 is 0 Å². The van der Waals surface area contributed by atoms with Crippen LogP contribution in [0.1, 0.15) is 62.5 Å². The molecule has 4 fully saturated rings. The van der Waals surface area contributed by atoms with E-state index in [0.29, 0.717) is 0 Å². The van der Waals surface area contributed by atoms with Crippen LogP contribution >= 0.6 is 0 Å². The van der Waals surface area contributed by atoms with Gasteiger partial charge in [0.05, 0.1) is 26.2 Å². The van der Waals surface area contributed by atoms with Gasteiger partial charge in [0.25, 0.3) is 11.8 Å². The Hall–Kier alpha value is -3.38. The van der Waals surface area contributed by atoms with Crippen LogP contribution in [0.4, 0.5) is 27.2 Å². The van der Waals surface area contributed by atoms with Gasteiger partial charge in [-0.15, -0.1) is 0 Å². The summed E-state index contributed by atoms with van der Waals surface area (Å²) in [4.78, 5) is 27.3. The van der Waals surface area contributed by atoms with Crippen molar-refractivity contribution < 1.29 is 36.6 Å². The Labute approximate surface area is 267 Å². The third kappa shape index (κ3) is 10.3. The predicted octanol–water partition coefficient (Wildman–Crippen LogP) is 6.35. The van der Waals surface area contributed by atoms with Gasteiger partial charge < -0.3 is 20.1 Å². The summed E-state index contributed by atoms with van der Waals surface area (Å²) in [5, 5.41) is 5.75. The summed E-state index contributed by atoms with van der Waals surface area (Å²) >= 11 is 0. The summed E-state index contributed by atoms with van der Waals surface area (Å²) in [7, 11) is 0. The van der Waals surface area contributed by atoms with Crippen LogP contribution in [0.3, 0.4) is 0 Å². The molecular formula is C34H44F4N4O4. The molecule has 2 saturated carbocycles. The fourth-order valence-electron chi connectivity index (χ4n) is 6.65. The molecule has 0 atom stereocenters. The normalized spacial score (nSPS) is 27.0. The van der Waals surface area contributed by atoms with Crippen molar-refractivity contribution in [1.29, 1.82) is 0 Å². The summed E-state index contributed by atoms with van der Waals surface area (Å²) in [5.41, 5.74) is 1.90. The monoisotopic (exact) mass is 648 g/mol. The van der Waals surface area contributed by atoms with Crippen molar-refractivity contribution in [2.24, 2.45) is 0 Å². The number of alkyl halides is 4. The zero-order valence-electron chi connectivity index (χ0n) is 26.0. The van der Waals surface area contributed by atoms with Gasteiger partial charge in [-0.05, 0) is 62.5 Å². The fraction of sp³-hybridized carbons (Fsp3) is 0.588. The topological polar surface area (TPSA) is 83.1 Å². The Morgan fingerprint density at radius 3 is 1.22 bits per heavy atom. The number of amides is 2. The number of nitrogens with zero attached hydrogens (tertiary/aromatic N) is 2. The molecule has 2 amide bonds. The SMILES string of the molecule is O=C(NC1CCC(N2CC(F)(F)C2)CC1)OCc1ccccc1.O=C(NC1CCC(N2CC(F)(F)C2)CC1)OCc1ccccc1. The van der Waals surface area contributed by atoms with Crippen molar-refractivity contribution in [3.8, 4) is 0 Å². The smallest absolute Gasteiger partial charge is 0.407 e. The molecule has 0 unspecified atom stereocenters. The average Bonchev–Trinajstić information content (AvgIpc) is 3.03. The first-order valence-corrected chi connectivity index (χ1v) is 16.2. The van der Waals surface area contributed by atoms with E-state index in [4.69, 9.17) is 9.47 Å². The largest absolute Gasteiger partial charge is 0.445 e. The minimum absolute atomic E-state index is 0.0799. The Balaban J connectivity index is 0.000000181. The molecule has 0 aromatic heterocycles. The van der Waals surface area contributed by atoms with Crippen LogP contribution in [0.5, 0.6) is 0 Å². The van der Waals surface area contributed by atoms with Crippen molar-refractivity contribution in [2.45, 2.75) is 101 Å². The maximum absolute atomic E-state index is 12.9. The number of alkyl carbamates (subject to hydrolysis) is 2. The van der Waals surface area contributed by atoms with Gasteiger partial charge in [0.2, 0.25) is 0 Å². The Morgan fingerprint density at radius 2 is 0.913 bits per heavy atom. The van der Waals surface area contributed by atoms with Crippen molar-refractivity contribution in [3.63, 3.8) is 0 Å². The van der Waals surface area contributed by atoms with E-state index in [1.807, 2.05) is 70.5 Å². The number of hydrogen-bond acceptors (Lipinski definition) is 6. The molecule has 2 aliphatic carbocycles. The molecule has 12 heteroatoms. The number of hydrogen-bond donors (Lipinski definition) is 2. The zero-order chi connectivity index (χ0) is 32.6. The van der Waals surface area contributed by atoms with Crippen LogP contribution in [0.15, 0.2) is 60.7 Å². The lowest BCUT2D eigenvalue weighted by Crippen LogP contribution is -2.60. The van der Waals surface area contributed by atoms with Gasteiger partial charge in [-0.25, -0.2) is 27.2 Å². The van der Waals surface area contributed by atoms with Crippen LogP contribution < -0.4 is 10.6 Å². The van der Waals surface area contributed by atoms with Gasteiger partial charge in [-0.3, -0.25) is 9.80 Å². The van der Waals surface area contributed by atoms with Gasteiger partial charge >= 0.3 is 12.2 Å². The molecule has 4 aliphatic rings. The third-order valence-corrected chi connectivity index (χ3v) is 9.23. The number of benzene rings is 2. The van der Waals surface area contributed by atoms with E-state index in [0.717, 1.165) is 62.5 Å². The molecule has 2 aromatic carbocycles. The molecule has 252 valence electrons. The van der Waals surface area contributed by atoms with E-state index in [-0.39, 0.29) is 63.6 Å². The lowest BCUT2D eigenvalue weighted by Gasteiger charge is -2.46. The highest BCUT2D eigenvalue weighted by Gasteiger charge is 2.48. The number of halogens is 4. The maximum Gasteiger partial charge on any atom is 0.407 e. The molecule has 2 aromatic rings. The van der Waals surface area contributed by atoms with Gasteiger partial charge in [-0.2, -0.15) is 0 Å². The predicted molar refractivity (Wildman–Crippen MR) is 165 cm³/mol. The molecule has 2 saturated heterocycles. The minimum atomic E-state index is -2.50. The van der Waals surface area contributed by atoms with Crippen molar-refractivity contribution in [1.82, 2.24) is 20.4 Å². The van der Waals surface area contributed by atoms with Crippen molar-refractivity contribution >= 4 is 12.2 Å². The summed E-state index contributed by atoms with van der Waals surface area (Å²) < 4.78 is 62.0. The van der Waals surface area contributed by atoms with Crippen molar-refractivity contribution in [3.05, 3.63) is 71.8 Å². The zero-order valence-corrected chi connectivity index (χ0v) is 26.0. The molecule has 6 rings (SSSR count). The first-order chi connectivity index (χ1) is 22.0. The third-order valence-electron chi connectivity index (χ3n) is 9.23. The summed E-state index contributed by atoms with van der Waals surface area (Å²) in [6.07, 6.45) is 5.82. The molecule has 2 N–H and O–H groups in total. The molecule has 8 nitrogen and oxygen atoms in total. The highest BCUT2D eigenvalue weighted by atomic mass is 19.3. The number of nitrogens with one attached hydrogen (secondary N) is 2. The number of likely N-dealkylation sites (tertiary alicyclic amines) is 2. The standard InChI is InChI=1S/2C17H22F2N2O2/c2*18-17(19)11-21(12-17)15-8-6-14(7-9-15)20-16(22)23-10-13-4-2-1-3-5-13/h2*1-5,14-15H,6-12H2,(H,20,22). The average molecular weight is 649 g/mol. The molecule has 0 radical (unpaired) electrons. The summed E-state index contributed by atoms with van der Waals surface area (Å²) in [5.74, 6) is -5.01. The lowest BCUT2D eigenvalue weighted by molar-refractivity contribution is -0.150. The Kier molecular flexibility index (Phi) is 11.4. The summed E-state index contributed by atoms with van der Waals surface area (Å²) in [6, 6.07) is 19.7. The van der Waals surface area contributed by atoms with Crippen LogP contribution in [0, 0.1) is 0 Å². The van der Waals surface area contributed by atoms with E-state index in [2.05, 4.69) is 10.6 Å². The van der Waals surface area contributed by atoms with Crippen LogP contribution in [0.25, 0.3) is 0 Å². The van der Waals surface area contributed by atoms with Gasteiger partial charge in [0.15, 0.2) is 0 Å². The molecule has 46 heavy (non-hydrogen) atoms. The second kappa shape index (κ2) is 15.5. The first kappa shape index (κ1) is 34.0. The minimum Gasteiger partial charge on any atom is -0.445 e. The molecule has 0 bridgehead atoms. The lowest BCUT2D eigenvalue weighted by atomic mass is 9.88. The van der Waals surface area contributed by atoms with E-state index in [1.54, 1.807) is 0 Å². The summed E-state index contributed by atoms with van der Waals surface area (Å²) in [6.45, 7) is 0.0449. The fourth-order valence-corrected chi connectivity index (χ4v) is 6.65. The quantitative estimate of drug-likeness (QED) is 0.325. The second-order valence-corrected chi connectivity index (χ2v) is 12.9. The number of rotatable bonds is 8. The highest BCUT2D eigenvalue weighted by Crippen LogP contribution is 2.35. The van der Waals surface area contributed by atoms with Crippen molar-refractivity contribution in [2.75, 3.05) is 26.2 Å². The maximum atomic E-state index is 12.9. The molecule has 0 spiro atoms. The Morgan fingerprint density at radius 1 is 0.587 bits per heavy atom. The molecule has 2 aliphatic heterocycles. The Bertz CT molecular complexity index is 1140. The second-order valence-electron chi connectivity index (χ2n) is 12.9. The van der Waals surface area contributed by atoms with Crippen LogP contribution in [-0.2, 0) is 22.7 Å². The molecular weight excluding hydrogens is 604 g/mol. The van der Waals surface area contributed by atoms with Gasteiger partial charge in [0.1, 0.15) is 13.2 Å². The first-order valence-electron chi connectivity index (χ1n) is 16.2. The number of carbonyl (C=O) groups excluding carboxylic acids is 2. The van der Waals surface area contributed by atoms with E-state index in [1.165, 1.54) is 0 Å². The number of carbonyl (C=O) groups is 2. The van der Waals surface area contributed by atoms with Crippen LogP contribution in [-0.4, -0.2) is 84.2 Å². The van der Waals surface area contributed by atoms with Gasteiger partial charge in [0, 0.05) is 24.2 Å². The van der Waals surface area contributed by atoms with Gasteiger partial charge in [-0.1, -0.05) is 60.7 Å². The molecule has 2 heterocycles. The number of ether oxygens (including phenoxy) is 2.